The van der Waals surface area contributed by atoms with E-state index >= 15 is 0 Å². The zero-order valence-electron chi connectivity index (χ0n) is 16.0. The second-order valence-electron chi connectivity index (χ2n) is 7.52. The normalized spacial score (nSPS) is 20.4. The maximum Gasteiger partial charge on any atom is 0.485 e. The molecule has 166 valence electrons. The summed E-state index contributed by atoms with van der Waals surface area (Å²) in [5.74, 6) is -5.02. The highest BCUT2D eigenvalue weighted by atomic mass is 32.2. The van der Waals surface area contributed by atoms with Gasteiger partial charge >= 0.3 is 17.6 Å². The summed E-state index contributed by atoms with van der Waals surface area (Å²) in [5, 5.41) is -2.20. The minimum absolute atomic E-state index is 0.0187. The maximum absolute atomic E-state index is 14.9. The van der Waals surface area contributed by atoms with Crippen LogP contribution in [-0.2, 0) is 20.1 Å². The molecule has 31 heavy (non-hydrogen) atoms. The van der Waals surface area contributed by atoms with Gasteiger partial charge in [0.25, 0.3) is 10.2 Å². The third kappa shape index (κ3) is 3.64. The molecule has 0 bridgehead atoms. The molecule has 2 aliphatic rings. The third-order valence-corrected chi connectivity index (χ3v) is 6.61. The van der Waals surface area contributed by atoms with Crippen LogP contribution in [0.3, 0.4) is 0 Å². The van der Waals surface area contributed by atoms with E-state index in [4.69, 9.17) is 5.73 Å². The minimum Gasteiger partial charge on any atom is -0.369 e. The lowest BCUT2D eigenvalue weighted by Crippen LogP contribution is -2.63. The summed E-state index contributed by atoms with van der Waals surface area (Å²) in [4.78, 5) is 64.0. The van der Waals surface area contributed by atoms with Gasteiger partial charge in [0, 0.05) is 28.4 Å². The number of nitrogens with two attached hydrogens (primary N) is 1. The molecule has 3 rings (SSSR count). The lowest BCUT2D eigenvalue weighted by molar-refractivity contribution is -0.504. The average molecular weight is 462 g/mol. The van der Waals surface area contributed by atoms with Gasteiger partial charge in [-0.25, -0.2) is 14.2 Å². The number of pyridine rings is 1. The number of nitroso groups, excluding NO2 is 1. The van der Waals surface area contributed by atoms with Crippen molar-refractivity contribution in [3.05, 3.63) is 34.0 Å². The van der Waals surface area contributed by atoms with Gasteiger partial charge in [0.1, 0.15) is 16.8 Å². The van der Waals surface area contributed by atoms with E-state index in [1.807, 2.05) is 0 Å². The highest BCUT2D eigenvalue weighted by molar-refractivity contribution is 8.29. The topological polar surface area (TPSA) is 127 Å². The van der Waals surface area contributed by atoms with Crippen molar-refractivity contribution in [2.75, 3.05) is 0 Å². The Hall–Kier alpha value is -2.70. The van der Waals surface area contributed by atoms with Gasteiger partial charge in [0.15, 0.2) is 5.69 Å². The SMILES string of the molecule is C[C@@H](c1cc(C(=O)[N+](=O)C2(CC(N)=O)C(=O)SC2=O)ncc1C1(F)CCC1)C(F)(F)F. The van der Waals surface area contributed by atoms with E-state index in [-0.39, 0.29) is 30.2 Å². The van der Waals surface area contributed by atoms with Gasteiger partial charge in [-0.3, -0.25) is 14.4 Å². The average Bonchev–Trinajstić information content (AvgIpc) is 2.67. The number of hydrogen-bond donors (Lipinski definition) is 1. The molecule has 1 saturated carbocycles. The molecule has 1 aromatic rings. The second kappa shape index (κ2) is 7.46. The van der Waals surface area contributed by atoms with Crippen LogP contribution in [0.5, 0.6) is 0 Å². The standard InChI is InChI=1S/C18H15F4N3O5S/c1-8(18(20,21)22)9-5-11(24-7-10(9)16(19)3-2-4-16)13(27)25(30)17(6-12(23)26)14(28)31-15(17)29/h5,7-8H,2-4,6H2,1H3,(H-,23,26)/p+1/t8-/m0/s1. The number of nitrogens with zero attached hydrogens (tertiary/aromatic N) is 2. The van der Waals surface area contributed by atoms with E-state index < -0.39 is 67.8 Å². The van der Waals surface area contributed by atoms with Gasteiger partial charge in [-0.15, -0.1) is 0 Å². The van der Waals surface area contributed by atoms with Gasteiger partial charge < -0.3 is 5.73 Å². The number of carbonyl (C=O) groups is 4. The Morgan fingerprint density at radius 2 is 1.87 bits per heavy atom. The number of halogens is 4. The van der Waals surface area contributed by atoms with Gasteiger partial charge in [0.05, 0.1) is 5.92 Å². The zero-order valence-corrected chi connectivity index (χ0v) is 16.8. The summed E-state index contributed by atoms with van der Waals surface area (Å²) in [7, 11) is 0. The number of rotatable bonds is 6. The molecule has 1 atom stereocenters. The van der Waals surface area contributed by atoms with E-state index in [0.717, 1.165) is 13.1 Å². The number of amides is 2. The predicted molar refractivity (Wildman–Crippen MR) is 97.4 cm³/mol. The Bertz CT molecular complexity index is 1010. The number of alkyl halides is 4. The minimum atomic E-state index is -4.78. The first-order valence-electron chi connectivity index (χ1n) is 9.07. The maximum atomic E-state index is 14.9. The second-order valence-corrected chi connectivity index (χ2v) is 8.46. The summed E-state index contributed by atoms with van der Waals surface area (Å²) in [6.45, 7) is 0.772. The van der Waals surface area contributed by atoms with Crippen molar-refractivity contribution >= 4 is 33.8 Å². The zero-order chi connectivity index (χ0) is 23.4. The summed E-state index contributed by atoms with van der Waals surface area (Å²) in [6.07, 6.45) is -4.67. The van der Waals surface area contributed by atoms with Crippen LogP contribution in [0.4, 0.5) is 17.6 Å². The van der Waals surface area contributed by atoms with E-state index in [1.54, 1.807) is 0 Å². The van der Waals surface area contributed by atoms with Crippen LogP contribution in [0.15, 0.2) is 12.3 Å². The Balaban J connectivity index is 2.05. The molecule has 1 aliphatic heterocycles. The first kappa shape index (κ1) is 23.0. The van der Waals surface area contributed by atoms with Gasteiger partial charge in [-0.05, 0) is 37.8 Å². The van der Waals surface area contributed by atoms with Crippen LogP contribution in [0.25, 0.3) is 0 Å². The summed E-state index contributed by atoms with van der Waals surface area (Å²) < 4.78 is 54.5. The fourth-order valence-electron chi connectivity index (χ4n) is 3.45. The molecule has 1 aliphatic carbocycles. The molecule has 2 amide bonds. The fourth-order valence-corrected chi connectivity index (χ4v) is 4.30. The van der Waals surface area contributed by atoms with Crippen LogP contribution in [0, 0.1) is 4.91 Å². The van der Waals surface area contributed by atoms with E-state index in [0.29, 0.717) is 12.5 Å². The van der Waals surface area contributed by atoms with E-state index in [9.17, 15) is 41.6 Å². The number of carbonyl (C=O) groups excluding carboxylic acids is 4. The van der Waals surface area contributed by atoms with Gasteiger partial charge in [0.2, 0.25) is 5.91 Å². The molecule has 0 aromatic carbocycles. The summed E-state index contributed by atoms with van der Waals surface area (Å²) in [5.41, 5.74) is -1.49. The number of aromatic nitrogens is 1. The van der Waals surface area contributed by atoms with Crippen molar-refractivity contribution in [1.29, 1.82) is 0 Å². The largest absolute Gasteiger partial charge is 0.485 e. The van der Waals surface area contributed by atoms with Crippen molar-refractivity contribution in [2.24, 2.45) is 5.73 Å². The molecule has 2 heterocycles. The number of hydrogen-bond acceptors (Lipinski definition) is 7. The molecular weight excluding hydrogens is 446 g/mol. The molecule has 1 aromatic heterocycles. The monoisotopic (exact) mass is 462 g/mol. The van der Waals surface area contributed by atoms with Crippen molar-refractivity contribution in [2.45, 2.75) is 55.9 Å². The third-order valence-electron chi connectivity index (χ3n) is 5.56. The predicted octanol–water partition coefficient (Wildman–Crippen LogP) is 2.43. The van der Waals surface area contributed by atoms with Crippen molar-refractivity contribution < 1.29 is 41.5 Å². The fraction of sp³-hybridized carbons (Fsp3) is 0.500. The van der Waals surface area contributed by atoms with Crippen molar-refractivity contribution in [1.82, 2.24) is 4.98 Å². The molecular formula is C18H16F4N3O5S+. The molecule has 0 unspecified atom stereocenters. The quantitative estimate of drug-likeness (QED) is 0.391. The summed E-state index contributed by atoms with van der Waals surface area (Å²) in [6, 6.07) is 0.638. The highest BCUT2D eigenvalue weighted by Crippen LogP contribution is 2.49. The van der Waals surface area contributed by atoms with Crippen LogP contribution >= 0.6 is 11.8 Å². The first-order chi connectivity index (χ1) is 14.2. The molecule has 8 nitrogen and oxygen atoms in total. The van der Waals surface area contributed by atoms with Crippen molar-refractivity contribution in [3.63, 3.8) is 0 Å². The van der Waals surface area contributed by atoms with Gasteiger partial charge in [-0.2, -0.15) is 13.2 Å². The smallest absolute Gasteiger partial charge is 0.369 e. The Morgan fingerprint density at radius 3 is 2.29 bits per heavy atom. The molecule has 1 saturated heterocycles. The molecule has 2 fully saturated rings. The number of thioether (sulfide) groups is 1. The van der Waals surface area contributed by atoms with Crippen LogP contribution < -0.4 is 5.73 Å². The van der Waals surface area contributed by atoms with Crippen LogP contribution in [-0.4, -0.2) is 43.5 Å². The lowest BCUT2D eigenvalue weighted by atomic mass is 9.74. The van der Waals surface area contributed by atoms with E-state index in [2.05, 4.69) is 4.98 Å². The molecule has 0 radical (unpaired) electrons. The van der Waals surface area contributed by atoms with E-state index in [1.165, 1.54) is 0 Å². The Morgan fingerprint density at radius 1 is 1.29 bits per heavy atom. The lowest BCUT2D eigenvalue weighted by Gasteiger charge is -2.36. The molecule has 13 heteroatoms. The molecule has 2 N–H and O–H groups in total. The Kier molecular flexibility index (Phi) is 5.53. The Labute approximate surface area is 176 Å². The van der Waals surface area contributed by atoms with Crippen LogP contribution in [0.1, 0.15) is 60.1 Å². The first-order valence-corrected chi connectivity index (χ1v) is 9.88. The van der Waals surface area contributed by atoms with Crippen molar-refractivity contribution in [3.8, 4) is 0 Å². The van der Waals surface area contributed by atoms with Gasteiger partial charge in [-0.1, -0.05) is 0 Å². The highest BCUT2D eigenvalue weighted by Gasteiger charge is 2.72. The molecule has 0 spiro atoms. The van der Waals surface area contributed by atoms with Crippen LogP contribution in [0.2, 0.25) is 0 Å². The summed E-state index contributed by atoms with van der Waals surface area (Å²) >= 11 is 0.103. The number of primary amides is 1.